The van der Waals surface area contributed by atoms with Gasteiger partial charge in [0.25, 0.3) is 0 Å². The van der Waals surface area contributed by atoms with Crippen molar-refractivity contribution in [3.05, 3.63) is 48.5 Å². The minimum atomic E-state index is -0.775. The summed E-state index contributed by atoms with van der Waals surface area (Å²) in [6.07, 6.45) is 3.31. The molecule has 7 heteroatoms. The Morgan fingerprint density at radius 1 is 1.38 bits per heavy atom. The summed E-state index contributed by atoms with van der Waals surface area (Å²) in [6.45, 7) is 1.22. The first-order chi connectivity index (χ1) is 11.6. The van der Waals surface area contributed by atoms with Crippen molar-refractivity contribution >= 4 is 5.91 Å². The molecule has 1 aliphatic rings. The van der Waals surface area contributed by atoms with Crippen molar-refractivity contribution in [2.24, 2.45) is 0 Å². The van der Waals surface area contributed by atoms with Crippen LogP contribution < -0.4 is 4.74 Å². The number of ether oxygens (including phenoxy) is 1. The number of aliphatic hydroxyl groups excluding tert-OH is 1. The van der Waals surface area contributed by atoms with Crippen LogP contribution in [0.15, 0.2) is 42.7 Å². The summed E-state index contributed by atoms with van der Waals surface area (Å²) in [7, 11) is 0. The van der Waals surface area contributed by atoms with Gasteiger partial charge in [-0.2, -0.15) is 5.10 Å². The Kier molecular flexibility index (Phi) is 5.10. The lowest BCUT2D eigenvalue weighted by Gasteiger charge is -2.17. The van der Waals surface area contributed by atoms with Crippen LogP contribution in [0.1, 0.15) is 12.8 Å². The van der Waals surface area contributed by atoms with Gasteiger partial charge in [0.1, 0.15) is 23.8 Å². The highest BCUT2D eigenvalue weighted by Crippen LogP contribution is 2.20. The molecule has 1 aromatic heterocycles. The van der Waals surface area contributed by atoms with Crippen LogP contribution in [-0.2, 0) is 11.3 Å². The van der Waals surface area contributed by atoms with Crippen LogP contribution in [0.25, 0.3) is 0 Å². The van der Waals surface area contributed by atoms with Crippen molar-refractivity contribution in [3.8, 4) is 5.75 Å². The van der Waals surface area contributed by atoms with Crippen LogP contribution in [0.2, 0.25) is 0 Å². The fourth-order valence-corrected chi connectivity index (χ4v) is 2.77. The highest BCUT2D eigenvalue weighted by molar-refractivity contribution is 5.76. The van der Waals surface area contributed by atoms with Gasteiger partial charge in [0, 0.05) is 31.4 Å². The highest BCUT2D eigenvalue weighted by Gasteiger charge is 2.35. The van der Waals surface area contributed by atoms with E-state index in [0.29, 0.717) is 31.7 Å². The average molecular weight is 333 g/mol. The third-order valence-corrected chi connectivity index (χ3v) is 4.01. The molecule has 1 amide bonds. The van der Waals surface area contributed by atoms with E-state index in [2.05, 4.69) is 5.10 Å². The molecule has 0 bridgehead atoms. The predicted molar refractivity (Wildman–Crippen MR) is 84.9 cm³/mol. The molecule has 1 aliphatic heterocycles. The van der Waals surface area contributed by atoms with Gasteiger partial charge in [0.2, 0.25) is 5.91 Å². The van der Waals surface area contributed by atoms with Gasteiger partial charge in [-0.1, -0.05) is 6.07 Å². The standard InChI is InChI=1S/C17H20FN3O3/c18-13-4-1-5-14(10-13)24-16-12-20(11-15(16)22)17(23)6-2-8-21-9-3-7-19-21/h1,3-5,7,9-10,15-16,22H,2,6,8,11-12H2/t15-,16-/m1/s1. The summed E-state index contributed by atoms with van der Waals surface area (Å²) in [6, 6.07) is 7.61. The molecule has 2 atom stereocenters. The summed E-state index contributed by atoms with van der Waals surface area (Å²) in [5.41, 5.74) is 0. The van der Waals surface area contributed by atoms with E-state index < -0.39 is 18.0 Å². The molecular formula is C17H20FN3O3. The molecule has 0 radical (unpaired) electrons. The number of aliphatic hydroxyl groups is 1. The zero-order chi connectivity index (χ0) is 16.9. The topological polar surface area (TPSA) is 67.6 Å². The Balaban J connectivity index is 1.48. The SMILES string of the molecule is O=C(CCCn1cccn1)N1C[C@@H](O)[C@H](Oc2cccc(F)c2)C1. The Bertz CT molecular complexity index is 677. The number of benzene rings is 1. The van der Waals surface area contributed by atoms with Gasteiger partial charge in [0.05, 0.1) is 13.1 Å². The number of rotatable bonds is 6. The largest absolute Gasteiger partial charge is 0.486 e. The highest BCUT2D eigenvalue weighted by atomic mass is 19.1. The summed E-state index contributed by atoms with van der Waals surface area (Å²) in [5.74, 6) is -0.0647. The van der Waals surface area contributed by atoms with Crippen molar-refractivity contribution in [1.29, 1.82) is 0 Å². The summed E-state index contributed by atoms with van der Waals surface area (Å²) < 4.78 is 20.6. The first-order valence-corrected chi connectivity index (χ1v) is 7.97. The molecule has 2 heterocycles. The number of hydrogen-bond donors (Lipinski definition) is 1. The number of carbonyl (C=O) groups is 1. The fraction of sp³-hybridized carbons (Fsp3) is 0.412. The number of likely N-dealkylation sites (tertiary alicyclic amines) is 1. The minimum absolute atomic E-state index is 0.0217. The van der Waals surface area contributed by atoms with Crippen molar-refractivity contribution in [2.45, 2.75) is 31.6 Å². The number of aryl methyl sites for hydroxylation is 1. The molecule has 1 fully saturated rings. The molecule has 0 unspecified atom stereocenters. The van der Waals surface area contributed by atoms with Crippen molar-refractivity contribution in [3.63, 3.8) is 0 Å². The number of amides is 1. The lowest BCUT2D eigenvalue weighted by atomic mass is 10.2. The van der Waals surface area contributed by atoms with Gasteiger partial charge >= 0.3 is 0 Å². The number of aromatic nitrogens is 2. The normalized spacial score (nSPS) is 20.3. The maximum Gasteiger partial charge on any atom is 0.222 e. The third-order valence-electron chi connectivity index (χ3n) is 4.01. The molecule has 3 rings (SSSR count). The van der Waals surface area contributed by atoms with Gasteiger partial charge in [0.15, 0.2) is 0 Å². The quantitative estimate of drug-likeness (QED) is 0.869. The van der Waals surface area contributed by atoms with Gasteiger partial charge in [-0.05, 0) is 24.6 Å². The molecule has 1 aromatic carbocycles. The number of β-amino-alcohol motifs (C(OH)–C–C–N with tert-alkyl or cyclic N) is 1. The first-order valence-electron chi connectivity index (χ1n) is 7.97. The summed E-state index contributed by atoms with van der Waals surface area (Å²) >= 11 is 0. The molecule has 24 heavy (non-hydrogen) atoms. The molecule has 1 N–H and O–H groups in total. The minimum Gasteiger partial charge on any atom is -0.486 e. The summed E-state index contributed by atoms with van der Waals surface area (Å²) in [5, 5.41) is 14.2. The van der Waals surface area contributed by atoms with E-state index in [1.807, 2.05) is 12.3 Å². The third kappa shape index (κ3) is 4.11. The second kappa shape index (κ2) is 7.44. The first kappa shape index (κ1) is 16.4. The van der Waals surface area contributed by atoms with Crippen LogP contribution in [-0.4, -0.2) is 51.0 Å². The number of nitrogens with zero attached hydrogens (tertiary/aromatic N) is 3. The Morgan fingerprint density at radius 2 is 2.25 bits per heavy atom. The molecular weight excluding hydrogens is 313 g/mol. The maximum atomic E-state index is 13.2. The molecule has 6 nitrogen and oxygen atoms in total. The average Bonchev–Trinajstić information content (AvgIpc) is 3.18. The summed E-state index contributed by atoms with van der Waals surface area (Å²) in [4.78, 5) is 13.8. The molecule has 0 saturated carbocycles. The predicted octanol–water partition coefficient (Wildman–Crippen LogP) is 1.45. The van der Waals surface area contributed by atoms with Crippen LogP contribution in [0.3, 0.4) is 0 Å². The van der Waals surface area contributed by atoms with E-state index in [-0.39, 0.29) is 12.5 Å². The number of carbonyl (C=O) groups excluding carboxylic acids is 1. The molecule has 0 spiro atoms. The smallest absolute Gasteiger partial charge is 0.222 e. The van der Waals surface area contributed by atoms with Gasteiger partial charge in [-0.3, -0.25) is 9.48 Å². The van der Waals surface area contributed by atoms with E-state index in [1.54, 1.807) is 27.9 Å². The maximum absolute atomic E-state index is 13.2. The fourth-order valence-electron chi connectivity index (χ4n) is 2.77. The van der Waals surface area contributed by atoms with Crippen LogP contribution in [0.4, 0.5) is 4.39 Å². The Labute approximate surface area is 139 Å². The zero-order valence-electron chi connectivity index (χ0n) is 13.2. The monoisotopic (exact) mass is 333 g/mol. The second-order valence-electron chi connectivity index (χ2n) is 5.85. The van der Waals surface area contributed by atoms with Crippen molar-refractivity contribution in [1.82, 2.24) is 14.7 Å². The Hall–Kier alpha value is -2.41. The van der Waals surface area contributed by atoms with E-state index >= 15 is 0 Å². The number of hydrogen-bond acceptors (Lipinski definition) is 4. The van der Waals surface area contributed by atoms with Crippen molar-refractivity contribution in [2.75, 3.05) is 13.1 Å². The lowest BCUT2D eigenvalue weighted by Crippen LogP contribution is -2.31. The van der Waals surface area contributed by atoms with Crippen LogP contribution in [0.5, 0.6) is 5.75 Å². The van der Waals surface area contributed by atoms with Gasteiger partial charge < -0.3 is 14.7 Å². The molecule has 1 saturated heterocycles. The molecule has 0 aliphatic carbocycles. The lowest BCUT2D eigenvalue weighted by molar-refractivity contribution is -0.130. The van der Waals surface area contributed by atoms with E-state index in [0.717, 1.165) is 0 Å². The second-order valence-corrected chi connectivity index (χ2v) is 5.85. The molecule has 2 aromatic rings. The van der Waals surface area contributed by atoms with E-state index in [1.165, 1.54) is 12.1 Å². The van der Waals surface area contributed by atoms with Crippen molar-refractivity contribution < 1.29 is 19.0 Å². The van der Waals surface area contributed by atoms with Gasteiger partial charge in [-0.15, -0.1) is 0 Å². The Morgan fingerprint density at radius 3 is 3.00 bits per heavy atom. The van der Waals surface area contributed by atoms with Crippen LogP contribution in [0, 0.1) is 5.82 Å². The van der Waals surface area contributed by atoms with Crippen LogP contribution >= 0.6 is 0 Å². The van der Waals surface area contributed by atoms with Gasteiger partial charge in [-0.25, -0.2) is 4.39 Å². The number of halogens is 1. The van der Waals surface area contributed by atoms with E-state index in [4.69, 9.17) is 4.74 Å². The van der Waals surface area contributed by atoms with E-state index in [9.17, 15) is 14.3 Å². The zero-order valence-corrected chi connectivity index (χ0v) is 13.2. The molecule has 128 valence electrons.